The van der Waals surface area contributed by atoms with Gasteiger partial charge in [0, 0.05) is 24.3 Å². The van der Waals surface area contributed by atoms with Crippen LogP contribution in [0.25, 0.3) is 0 Å². The number of aromatic nitrogens is 2. The fourth-order valence-electron chi connectivity index (χ4n) is 1.68. The lowest BCUT2D eigenvalue weighted by atomic mass is 10.2. The molecule has 0 unspecified atom stereocenters. The maximum absolute atomic E-state index is 5.86. The quantitative estimate of drug-likeness (QED) is 0.883. The monoisotopic (exact) mass is 249 g/mol. The molecule has 1 N–H and O–H groups in total. The highest BCUT2D eigenvalue weighted by atomic mass is 35.5. The summed E-state index contributed by atoms with van der Waals surface area (Å²) < 4.78 is 2.14. The summed E-state index contributed by atoms with van der Waals surface area (Å²) in [6.45, 7) is 4.74. The van der Waals surface area contributed by atoms with Crippen LogP contribution in [0.4, 0.5) is 0 Å². The SMILES string of the molecule is CCNCc1cncn1Cc1ccc(Cl)cc1. The number of imidazole rings is 1. The van der Waals surface area contributed by atoms with Gasteiger partial charge in [0.15, 0.2) is 0 Å². The summed E-state index contributed by atoms with van der Waals surface area (Å²) in [6.07, 6.45) is 3.76. The molecule has 0 aliphatic heterocycles. The molecule has 1 aromatic carbocycles. The Bertz CT molecular complexity index is 462. The summed E-state index contributed by atoms with van der Waals surface area (Å²) in [5.74, 6) is 0. The van der Waals surface area contributed by atoms with E-state index in [4.69, 9.17) is 11.6 Å². The Labute approximate surface area is 106 Å². The third kappa shape index (κ3) is 3.32. The summed E-state index contributed by atoms with van der Waals surface area (Å²) in [7, 11) is 0. The number of nitrogens with zero attached hydrogens (tertiary/aromatic N) is 2. The van der Waals surface area contributed by atoms with Crippen molar-refractivity contribution in [2.24, 2.45) is 0 Å². The van der Waals surface area contributed by atoms with Gasteiger partial charge in [-0.05, 0) is 24.2 Å². The zero-order valence-electron chi connectivity index (χ0n) is 9.86. The molecule has 0 fully saturated rings. The van der Waals surface area contributed by atoms with E-state index in [0.717, 1.165) is 24.7 Å². The van der Waals surface area contributed by atoms with Crippen molar-refractivity contribution in [3.8, 4) is 0 Å². The molecule has 0 atom stereocenters. The highest BCUT2D eigenvalue weighted by Crippen LogP contribution is 2.11. The third-order valence-electron chi connectivity index (χ3n) is 2.62. The Hall–Kier alpha value is -1.32. The molecule has 17 heavy (non-hydrogen) atoms. The van der Waals surface area contributed by atoms with Gasteiger partial charge in [-0.25, -0.2) is 4.98 Å². The number of rotatable bonds is 5. The molecule has 3 nitrogen and oxygen atoms in total. The van der Waals surface area contributed by atoms with E-state index in [2.05, 4.69) is 21.8 Å². The van der Waals surface area contributed by atoms with Crippen molar-refractivity contribution in [3.63, 3.8) is 0 Å². The molecule has 0 saturated heterocycles. The van der Waals surface area contributed by atoms with Crippen molar-refractivity contribution in [1.82, 2.24) is 14.9 Å². The van der Waals surface area contributed by atoms with Crippen LogP contribution in [0, 0.1) is 0 Å². The Morgan fingerprint density at radius 1 is 1.29 bits per heavy atom. The normalized spacial score (nSPS) is 10.7. The van der Waals surface area contributed by atoms with E-state index in [1.807, 2.05) is 36.8 Å². The van der Waals surface area contributed by atoms with Crippen molar-refractivity contribution >= 4 is 11.6 Å². The molecule has 2 rings (SSSR count). The molecule has 0 radical (unpaired) electrons. The lowest BCUT2D eigenvalue weighted by Crippen LogP contribution is -2.15. The molecule has 1 aromatic heterocycles. The van der Waals surface area contributed by atoms with Gasteiger partial charge in [0.25, 0.3) is 0 Å². The fourth-order valence-corrected chi connectivity index (χ4v) is 1.80. The van der Waals surface area contributed by atoms with Gasteiger partial charge in [-0.2, -0.15) is 0 Å². The summed E-state index contributed by atoms with van der Waals surface area (Å²) >= 11 is 5.86. The Morgan fingerprint density at radius 2 is 2.06 bits per heavy atom. The minimum absolute atomic E-state index is 0.771. The average molecular weight is 250 g/mol. The Balaban J connectivity index is 2.07. The summed E-state index contributed by atoms with van der Waals surface area (Å²) in [5.41, 5.74) is 2.42. The van der Waals surface area contributed by atoms with Crippen LogP contribution in [0.2, 0.25) is 5.02 Å². The highest BCUT2D eigenvalue weighted by Gasteiger charge is 2.02. The van der Waals surface area contributed by atoms with Gasteiger partial charge >= 0.3 is 0 Å². The lowest BCUT2D eigenvalue weighted by molar-refractivity contribution is 0.657. The first-order valence-electron chi connectivity index (χ1n) is 5.73. The lowest BCUT2D eigenvalue weighted by Gasteiger charge is -2.08. The van der Waals surface area contributed by atoms with Crippen molar-refractivity contribution in [2.75, 3.05) is 6.54 Å². The molecule has 2 aromatic rings. The van der Waals surface area contributed by atoms with Crippen molar-refractivity contribution in [2.45, 2.75) is 20.0 Å². The smallest absolute Gasteiger partial charge is 0.0951 e. The van der Waals surface area contributed by atoms with Crippen LogP contribution in [0.15, 0.2) is 36.8 Å². The molecule has 4 heteroatoms. The molecule has 90 valence electrons. The predicted octanol–water partition coefficient (Wildman–Crippen LogP) is 2.69. The van der Waals surface area contributed by atoms with E-state index in [0.29, 0.717) is 0 Å². The molecule has 0 saturated carbocycles. The summed E-state index contributed by atoms with van der Waals surface area (Å²) in [4.78, 5) is 4.19. The molecular weight excluding hydrogens is 234 g/mol. The number of hydrogen-bond acceptors (Lipinski definition) is 2. The topological polar surface area (TPSA) is 29.9 Å². The van der Waals surface area contributed by atoms with Gasteiger partial charge in [-0.1, -0.05) is 30.7 Å². The largest absolute Gasteiger partial charge is 0.329 e. The highest BCUT2D eigenvalue weighted by molar-refractivity contribution is 6.30. The van der Waals surface area contributed by atoms with Crippen molar-refractivity contribution < 1.29 is 0 Å². The van der Waals surface area contributed by atoms with Crippen LogP contribution in [-0.4, -0.2) is 16.1 Å². The van der Waals surface area contributed by atoms with Crippen LogP contribution >= 0.6 is 11.6 Å². The van der Waals surface area contributed by atoms with Crippen LogP contribution in [0.1, 0.15) is 18.2 Å². The van der Waals surface area contributed by atoms with Gasteiger partial charge in [0.2, 0.25) is 0 Å². The van der Waals surface area contributed by atoms with Crippen LogP contribution < -0.4 is 5.32 Å². The zero-order valence-corrected chi connectivity index (χ0v) is 10.6. The number of hydrogen-bond donors (Lipinski definition) is 1. The van der Waals surface area contributed by atoms with Crippen LogP contribution in [0.3, 0.4) is 0 Å². The van der Waals surface area contributed by atoms with E-state index in [1.54, 1.807) is 0 Å². The number of nitrogens with one attached hydrogen (secondary N) is 1. The summed E-state index contributed by atoms with van der Waals surface area (Å²) in [6, 6.07) is 7.91. The third-order valence-corrected chi connectivity index (χ3v) is 2.87. The molecule has 0 aliphatic rings. The van der Waals surface area contributed by atoms with E-state index in [9.17, 15) is 0 Å². The fraction of sp³-hybridized carbons (Fsp3) is 0.308. The second kappa shape index (κ2) is 5.84. The Morgan fingerprint density at radius 3 is 2.76 bits per heavy atom. The second-order valence-corrected chi connectivity index (χ2v) is 4.36. The Kier molecular flexibility index (Phi) is 4.18. The van der Waals surface area contributed by atoms with Gasteiger partial charge in [0.05, 0.1) is 12.0 Å². The van der Waals surface area contributed by atoms with Gasteiger partial charge < -0.3 is 9.88 Å². The second-order valence-electron chi connectivity index (χ2n) is 3.92. The number of halogens is 1. The molecule has 0 bridgehead atoms. The van der Waals surface area contributed by atoms with Crippen LogP contribution in [0.5, 0.6) is 0 Å². The van der Waals surface area contributed by atoms with Crippen molar-refractivity contribution in [3.05, 3.63) is 53.1 Å². The maximum atomic E-state index is 5.86. The first-order chi connectivity index (χ1) is 8.29. The van der Waals surface area contributed by atoms with Crippen LogP contribution in [-0.2, 0) is 13.1 Å². The minimum atomic E-state index is 0.771. The van der Waals surface area contributed by atoms with Gasteiger partial charge in [-0.3, -0.25) is 0 Å². The van der Waals surface area contributed by atoms with E-state index in [1.165, 1.54) is 11.3 Å². The molecule has 0 amide bonds. The van der Waals surface area contributed by atoms with E-state index >= 15 is 0 Å². The average Bonchev–Trinajstić information content (AvgIpc) is 2.77. The number of benzene rings is 1. The predicted molar refractivity (Wildman–Crippen MR) is 70.2 cm³/mol. The first kappa shape index (κ1) is 12.1. The molecule has 1 heterocycles. The standard InChI is InChI=1S/C13H16ClN3/c1-2-15-7-13-8-16-10-17(13)9-11-3-5-12(14)6-4-11/h3-6,8,10,15H,2,7,9H2,1H3. The van der Waals surface area contributed by atoms with Gasteiger partial charge in [0.1, 0.15) is 0 Å². The van der Waals surface area contributed by atoms with Gasteiger partial charge in [-0.15, -0.1) is 0 Å². The minimum Gasteiger partial charge on any atom is -0.329 e. The maximum Gasteiger partial charge on any atom is 0.0951 e. The zero-order chi connectivity index (χ0) is 12.1. The first-order valence-corrected chi connectivity index (χ1v) is 6.11. The molecule has 0 aliphatic carbocycles. The molecule has 0 spiro atoms. The van der Waals surface area contributed by atoms with Crippen molar-refractivity contribution in [1.29, 1.82) is 0 Å². The van der Waals surface area contributed by atoms with E-state index < -0.39 is 0 Å². The molecular formula is C13H16ClN3. The van der Waals surface area contributed by atoms with E-state index in [-0.39, 0.29) is 0 Å². The summed E-state index contributed by atoms with van der Waals surface area (Å²) in [5, 5.41) is 4.07.